The van der Waals surface area contributed by atoms with Gasteiger partial charge in [0.15, 0.2) is 17.2 Å². The van der Waals surface area contributed by atoms with Crippen molar-refractivity contribution in [3.8, 4) is 0 Å². The van der Waals surface area contributed by atoms with Crippen molar-refractivity contribution in [1.29, 1.82) is 0 Å². The average molecular weight is 339 g/mol. The quantitative estimate of drug-likeness (QED) is 0.676. The van der Waals surface area contributed by atoms with Gasteiger partial charge in [0.1, 0.15) is 12.1 Å². The molecule has 1 aliphatic rings. The second-order valence-corrected chi connectivity index (χ2v) is 5.77. The molecule has 0 saturated carbocycles. The Morgan fingerprint density at radius 1 is 1.08 bits per heavy atom. The lowest BCUT2D eigenvalue weighted by molar-refractivity contribution is 0.0741. The van der Waals surface area contributed by atoms with Crippen LogP contribution in [0.1, 0.15) is 10.5 Å². The van der Waals surface area contributed by atoms with Gasteiger partial charge in [0.2, 0.25) is 0 Å². The van der Waals surface area contributed by atoms with E-state index < -0.39 is 0 Å². The van der Waals surface area contributed by atoms with Gasteiger partial charge in [0, 0.05) is 45.6 Å². The summed E-state index contributed by atoms with van der Waals surface area (Å²) >= 11 is 0. The summed E-state index contributed by atoms with van der Waals surface area (Å²) < 4.78 is 1.72. The Kier molecular flexibility index (Phi) is 3.64. The predicted molar refractivity (Wildman–Crippen MR) is 90.9 cm³/mol. The minimum absolute atomic E-state index is 0.155. The first kappa shape index (κ1) is 15.2. The molecule has 0 radical (unpaired) electrons. The lowest BCUT2D eigenvalue weighted by Crippen LogP contribution is -2.49. The van der Waals surface area contributed by atoms with Crippen LogP contribution in [-0.4, -0.2) is 66.7 Å². The molecule has 4 heterocycles. The highest BCUT2D eigenvalue weighted by atomic mass is 16.2. The van der Waals surface area contributed by atoms with Crippen LogP contribution in [0.3, 0.4) is 0 Å². The van der Waals surface area contributed by atoms with Crippen LogP contribution in [0.5, 0.6) is 0 Å². The summed E-state index contributed by atoms with van der Waals surface area (Å²) in [6, 6.07) is 0. The zero-order valence-corrected chi connectivity index (χ0v) is 13.7. The van der Waals surface area contributed by atoms with E-state index in [1.165, 1.54) is 18.7 Å². The summed E-state index contributed by atoms with van der Waals surface area (Å²) in [6.45, 7) is 2.43. The second-order valence-electron chi connectivity index (χ2n) is 5.77. The SMILES string of the molecule is Cn1ncc2c(N3CCN(C(=O)c4nccnc4N)CC3)ncnc21. The van der Waals surface area contributed by atoms with E-state index in [4.69, 9.17) is 5.73 Å². The van der Waals surface area contributed by atoms with Crippen LogP contribution in [-0.2, 0) is 7.05 Å². The number of amides is 1. The van der Waals surface area contributed by atoms with Crippen molar-refractivity contribution in [2.75, 3.05) is 36.8 Å². The number of aromatic nitrogens is 6. The molecular weight excluding hydrogens is 322 g/mol. The van der Waals surface area contributed by atoms with E-state index in [0.717, 1.165) is 16.9 Å². The van der Waals surface area contributed by atoms with Crippen molar-refractivity contribution < 1.29 is 4.79 Å². The summed E-state index contributed by atoms with van der Waals surface area (Å²) in [7, 11) is 1.85. The molecule has 0 aromatic carbocycles. The summed E-state index contributed by atoms with van der Waals surface area (Å²) in [5.41, 5.74) is 6.74. The third-order valence-corrected chi connectivity index (χ3v) is 4.30. The molecule has 0 bridgehead atoms. The highest BCUT2D eigenvalue weighted by Gasteiger charge is 2.26. The Labute approximate surface area is 143 Å². The number of carbonyl (C=O) groups excluding carboxylic acids is 1. The van der Waals surface area contributed by atoms with Gasteiger partial charge < -0.3 is 15.5 Å². The van der Waals surface area contributed by atoms with Crippen molar-refractivity contribution >= 4 is 28.6 Å². The molecule has 0 spiro atoms. The van der Waals surface area contributed by atoms with E-state index in [-0.39, 0.29) is 17.4 Å². The smallest absolute Gasteiger partial charge is 0.276 e. The van der Waals surface area contributed by atoms with E-state index >= 15 is 0 Å². The molecule has 128 valence electrons. The largest absolute Gasteiger partial charge is 0.382 e. The molecule has 0 aliphatic carbocycles. The number of nitrogens with zero attached hydrogens (tertiary/aromatic N) is 8. The van der Waals surface area contributed by atoms with Crippen molar-refractivity contribution in [2.24, 2.45) is 7.05 Å². The topological polar surface area (TPSA) is 119 Å². The van der Waals surface area contributed by atoms with E-state index in [0.29, 0.717) is 26.2 Å². The number of nitrogen functional groups attached to an aromatic ring is 1. The van der Waals surface area contributed by atoms with Crippen LogP contribution >= 0.6 is 0 Å². The maximum atomic E-state index is 12.6. The van der Waals surface area contributed by atoms with E-state index in [1.807, 2.05) is 7.05 Å². The number of fused-ring (bicyclic) bond motifs is 1. The number of carbonyl (C=O) groups is 1. The van der Waals surface area contributed by atoms with Gasteiger partial charge >= 0.3 is 0 Å². The fourth-order valence-corrected chi connectivity index (χ4v) is 2.99. The molecule has 0 unspecified atom stereocenters. The number of nitrogens with two attached hydrogens (primary N) is 1. The molecule has 3 aromatic heterocycles. The first-order valence-electron chi connectivity index (χ1n) is 7.88. The maximum Gasteiger partial charge on any atom is 0.276 e. The van der Waals surface area contributed by atoms with E-state index in [2.05, 4.69) is 29.9 Å². The van der Waals surface area contributed by atoms with Gasteiger partial charge in [-0.3, -0.25) is 9.48 Å². The lowest BCUT2D eigenvalue weighted by atomic mass is 10.2. The first-order chi connectivity index (χ1) is 12.1. The third kappa shape index (κ3) is 2.61. The molecule has 3 aromatic rings. The molecular formula is C15H17N9O. The molecule has 1 aliphatic heterocycles. The Hall–Kier alpha value is -3.30. The fraction of sp³-hybridized carbons (Fsp3) is 0.333. The van der Waals surface area contributed by atoms with Gasteiger partial charge in [-0.25, -0.2) is 19.9 Å². The molecule has 25 heavy (non-hydrogen) atoms. The van der Waals surface area contributed by atoms with Crippen LogP contribution in [0, 0.1) is 0 Å². The van der Waals surface area contributed by atoms with Crippen LogP contribution in [0.25, 0.3) is 11.0 Å². The zero-order valence-electron chi connectivity index (χ0n) is 13.7. The van der Waals surface area contributed by atoms with Gasteiger partial charge in [0.25, 0.3) is 5.91 Å². The molecule has 1 fully saturated rings. The van der Waals surface area contributed by atoms with Crippen LogP contribution in [0.15, 0.2) is 24.9 Å². The van der Waals surface area contributed by atoms with E-state index in [1.54, 1.807) is 15.8 Å². The summed E-state index contributed by atoms with van der Waals surface area (Å²) in [4.78, 5) is 33.1. The molecule has 4 rings (SSSR count). The molecule has 10 nitrogen and oxygen atoms in total. The van der Waals surface area contributed by atoms with Crippen molar-refractivity contribution in [2.45, 2.75) is 0 Å². The molecule has 1 amide bonds. The number of hydrogen-bond donors (Lipinski definition) is 1. The predicted octanol–water partition coefficient (Wildman–Crippen LogP) is -0.302. The first-order valence-corrected chi connectivity index (χ1v) is 7.88. The summed E-state index contributed by atoms with van der Waals surface area (Å²) in [6.07, 6.45) is 6.25. The van der Waals surface area contributed by atoms with Gasteiger partial charge in [-0.05, 0) is 0 Å². The molecule has 1 saturated heterocycles. The maximum absolute atomic E-state index is 12.6. The van der Waals surface area contributed by atoms with Crippen LogP contribution in [0.2, 0.25) is 0 Å². The number of anilines is 2. The standard InChI is InChI=1S/C15H17N9O/c1-22-13-10(8-21-22)14(20-9-19-13)23-4-6-24(7-5-23)15(25)11-12(16)18-3-2-17-11/h2-3,8-9H,4-7H2,1H3,(H2,16,18). The Morgan fingerprint density at radius 2 is 1.84 bits per heavy atom. The van der Waals surface area contributed by atoms with Gasteiger partial charge in [-0.2, -0.15) is 5.10 Å². The number of aryl methyl sites for hydroxylation is 1. The highest BCUT2D eigenvalue weighted by molar-refractivity contribution is 5.96. The zero-order chi connectivity index (χ0) is 17.4. The Balaban J connectivity index is 1.51. The molecule has 10 heteroatoms. The van der Waals surface area contributed by atoms with Crippen LogP contribution in [0.4, 0.5) is 11.6 Å². The molecule has 2 N–H and O–H groups in total. The van der Waals surface area contributed by atoms with Crippen LogP contribution < -0.4 is 10.6 Å². The number of rotatable bonds is 2. The van der Waals surface area contributed by atoms with Gasteiger partial charge in [-0.15, -0.1) is 0 Å². The number of piperazine rings is 1. The normalized spacial score (nSPS) is 14.9. The third-order valence-electron chi connectivity index (χ3n) is 4.30. The number of hydrogen-bond acceptors (Lipinski definition) is 8. The van der Waals surface area contributed by atoms with E-state index in [9.17, 15) is 4.79 Å². The highest BCUT2D eigenvalue weighted by Crippen LogP contribution is 2.23. The minimum atomic E-state index is -0.195. The lowest BCUT2D eigenvalue weighted by Gasteiger charge is -2.35. The van der Waals surface area contributed by atoms with Crippen molar-refractivity contribution in [1.82, 2.24) is 34.6 Å². The minimum Gasteiger partial charge on any atom is -0.382 e. The Bertz CT molecular complexity index is 930. The van der Waals surface area contributed by atoms with Crippen molar-refractivity contribution in [3.05, 3.63) is 30.6 Å². The average Bonchev–Trinajstić information content (AvgIpc) is 3.03. The van der Waals surface area contributed by atoms with Gasteiger partial charge in [0.05, 0.1) is 11.6 Å². The van der Waals surface area contributed by atoms with Crippen molar-refractivity contribution in [3.63, 3.8) is 0 Å². The fourth-order valence-electron chi connectivity index (χ4n) is 2.99. The second kappa shape index (κ2) is 5.96. The summed E-state index contributed by atoms with van der Waals surface area (Å²) in [5, 5.41) is 5.14. The monoisotopic (exact) mass is 339 g/mol. The molecule has 0 atom stereocenters. The Morgan fingerprint density at radius 3 is 2.60 bits per heavy atom. The van der Waals surface area contributed by atoms with Gasteiger partial charge in [-0.1, -0.05) is 0 Å². The summed E-state index contributed by atoms with van der Waals surface area (Å²) in [5.74, 6) is 0.798.